The van der Waals surface area contributed by atoms with E-state index >= 15 is 0 Å². The van der Waals surface area contributed by atoms with Gasteiger partial charge in [-0.3, -0.25) is 5.41 Å². The number of nitrogens with one attached hydrogen (secondary N) is 1. The van der Waals surface area contributed by atoms with Gasteiger partial charge in [0.05, 0.1) is 11.6 Å². The minimum Gasteiger partial charge on any atom is -0.383 e. The number of nitrogens with zero attached hydrogens (tertiary/aromatic N) is 9. The second-order valence-corrected chi connectivity index (χ2v) is 12.6. The molecule has 3 aliphatic heterocycles. The SMILES string of the molecule is N=C1N=C(N)c2ccccc21.NCCN.[Co+2].c1ccc2c(c1)-c1nc3nc(nc4[n-]c(nc5[n-]c(nc-2n1)c1ccccc51)c1ccccc41)-c1ccccc1-3. The summed E-state index contributed by atoms with van der Waals surface area (Å²) in [4.78, 5) is 43.1. The number of aromatic nitrogens is 8. The monoisotopic (exact) mass is 776 g/mol. The summed E-state index contributed by atoms with van der Waals surface area (Å²) in [6.07, 6.45) is 0. The van der Waals surface area contributed by atoms with Crippen molar-refractivity contribution in [2.45, 2.75) is 0 Å². The van der Waals surface area contributed by atoms with Crippen molar-refractivity contribution in [3.63, 3.8) is 0 Å². The third kappa shape index (κ3) is 6.37. The molecule has 8 aromatic rings. The van der Waals surface area contributed by atoms with E-state index in [1.165, 1.54) is 0 Å². The standard InChI is InChI=1S/C32H16N8.C8H7N3.C2H8N2.Co/c1-2-10-18-17(9-1)25-33-26(18)38-28-21-13-5-6-14-22(21)30(35-28)40-32-24-16-8-7-15-23(24)31(36-32)39-29-20-12-4-3-11-19(20)27(34-29)37-25;9-7-5-3-1-2-4-6(5)8(10)11-7;3-1-2-4;/h1-16H;1-4H,(H3,9,10,11);1-4H2;/q-2;;;+2. The number of fused-ring (bicyclic) bond motifs is 21. The summed E-state index contributed by atoms with van der Waals surface area (Å²) in [6, 6.07) is 39.3. The Labute approximate surface area is 330 Å². The van der Waals surface area contributed by atoms with Crippen molar-refractivity contribution in [3.05, 3.63) is 132 Å². The number of hydrogen-bond acceptors (Lipinski definition) is 10. The van der Waals surface area contributed by atoms with Gasteiger partial charge in [-0.15, -0.1) is 0 Å². The van der Waals surface area contributed by atoms with E-state index in [4.69, 9.17) is 62.5 Å². The van der Waals surface area contributed by atoms with Crippen LogP contribution in [0.5, 0.6) is 0 Å². The summed E-state index contributed by atoms with van der Waals surface area (Å²) < 4.78 is 0. The number of hydrogen-bond donors (Lipinski definition) is 4. The first-order chi connectivity index (χ1) is 27.0. The normalized spacial score (nSPS) is 12.0. The molecule has 1 radical (unpaired) electrons. The summed E-state index contributed by atoms with van der Waals surface area (Å²) in [5, 5.41) is 11.0. The molecule has 3 aromatic heterocycles. The molecule has 0 fully saturated rings. The minimum atomic E-state index is 0. The zero-order valence-corrected chi connectivity index (χ0v) is 30.6. The molecule has 0 amide bonds. The van der Waals surface area contributed by atoms with Crippen molar-refractivity contribution in [2.24, 2.45) is 22.2 Å². The van der Waals surface area contributed by atoms with Gasteiger partial charge in [0.2, 0.25) is 0 Å². The van der Waals surface area contributed by atoms with Gasteiger partial charge in [0, 0.05) is 69.1 Å². The summed E-state index contributed by atoms with van der Waals surface area (Å²) in [5.41, 5.74) is 22.8. The first-order valence-corrected chi connectivity index (χ1v) is 17.5. The fraction of sp³-hybridized carbons (Fsp3) is 0.0476. The van der Waals surface area contributed by atoms with Crippen LogP contribution in [0.2, 0.25) is 0 Å². The maximum absolute atomic E-state index is 7.39. The fourth-order valence-corrected chi connectivity index (χ4v) is 6.61. The number of amidine groups is 2. The van der Waals surface area contributed by atoms with Gasteiger partial charge in [0.15, 0.2) is 17.5 Å². The maximum Gasteiger partial charge on any atom is 2.00 e. The van der Waals surface area contributed by atoms with Crippen LogP contribution in [0.15, 0.2) is 126 Å². The van der Waals surface area contributed by atoms with E-state index in [9.17, 15) is 0 Å². The summed E-state index contributed by atoms with van der Waals surface area (Å²) >= 11 is 0. The zero-order chi connectivity index (χ0) is 37.5. The van der Waals surface area contributed by atoms with Gasteiger partial charge in [-0.05, 0) is 21.5 Å². The Kier molecular flexibility index (Phi) is 9.68. The number of aliphatic imine (C=N–C) groups is 1. The molecule has 5 aromatic carbocycles. The molecule has 0 unspecified atom stereocenters. The number of rotatable bonds is 1. The molecule has 0 atom stereocenters. The second kappa shape index (κ2) is 15.0. The third-order valence-corrected chi connectivity index (χ3v) is 9.19. The van der Waals surface area contributed by atoms with E-state index in [-0.39, 0.29) is 22.6 Å². The van der Waals surface area contributed by atoms with Gasteiger partial charge in [-0.25, -0.2) is 19.9 Å². The molecular formula is C42H31CoN13. The molecule has 14 heteroatoms. The molecule has 0 spiro atoms. The number of nitrogens with two attached hydrogens (primary N) is 3. The minimum absolute atomic E-state index is 0. The van der Waals surface area contributed by atoms with E-state index in [1.807, 2.05) is 121 Å². The van der Waals surface area contributed by atoms with Crippen molar-refractivity contribution in [2.75, 3.05) is 13.1 Å². The van der Waals surface area contributed by atoms with Gasteiger partial charge >= 0.3 is 16.8 Å². The zero-order valence-electron chi connectivity index (χ0n) is 29.6. The van der Waals surface area contributed by atoms with Crippen LogP contribution < -0.4 is 27.2 Å². The Bertz CT molecular complexity index is 2860. The van der Waals surface area contributed by atoms with Gasteiger partial charge in [-0.2, -0.15) is 0 Å². The molecule has 7 N–H and O–H groups in total. The van der Waals surface area contributed by atoms with Crippen LogP contribution in [0.25, 0.3) is 89.7 Å². The smallest absolute Gasteiger partial charge is 0.383 e. The Morgan fingerprint density at radius 2 is 0.714 bits per heavy atom. The molecule has 13 nitrogen and oxygen atoms in total. The Morgan fingerprint density at radius 1 is 0.411 bits per heavy atom. The summed E-state index contributed by atoms with van der Waals surface area (Å²) in [7, 11) is 0. The van der Waals surface area contributed by atoms with Gasteiger partial charge in [0.1, 0.15) is 5.84 Å². The quantitative estimate of drug-likeness (QED) is 0.157. The van der Waals surface area contributed by atoms with Crippen LogP contribution in [0.3, 0.4) is 0 Å². The molecule has 3 aliphatic rings. The molecule has 8 bridgehead atoms. The molecule has 11 rings (SSSR count). The molecule has 56 heavy (non-hydrogen) atoms. The largest absolute Gasteiger partial charge is 2.00 e. The van der Waals surface area contributed by atoms with Gasteiger partial charge in [-0.1, -0.05) is 121 Å². The predicted octanol–water partition coefficient (Wildman–Crippen LogP) is 5.76. The van der Waals surface area contributed by atoms with Crippen molar-refractivity contribution in [1.29, 1.82) is 5.41 Å². The molecular weight excluding hydrogens is 745 g/mol. The first-order valence-electron chi connectivity index (χ1n) is 17.5. The van der Waals surface area contributed by atoms with Crippen molar-refractivity contribution in [3.8, 4) is 45.6 Å². The average molecular weight is 777 g/mol. The Balaban J connectivity index is 0.000000233. The van der Waals surface area contributed by atoms with Crippen LogP contribution in [0, 0.1) is 5.41 Å². The maximum atomic E-state index is 7.39. The second-order valence-electron chi connectivity index (χ2n) is 12.6. The third-order valence-electron chi connectivity index (χ3n) is 9.19. The van der Waals surface area contributed by atoms with Gasteiger partial charge in [0.25, 0.3) is 0 Å². The van der Waals surface area contributed by atoms with Crippen LogP contribution in [-0.2, 0) is 16.8 Å². The fourth-order valence-electron chi connectivity index (χ4n) is 6.61. The van der Waals surface area contributed by atoms with Crippen LogP contribution >= 0.6 is 0 Å². The van der Waals surface area contributed by atoms with Crippen LogP contribution in [0.1, 0.15) is 11.1 Å². The van der Waals surface area contributed by atoms with E-state index in [0.29, 0.717) is 64.8 Å². The number of benzene rings is 5. The molecule has 0 aliphatic carbocycles. The Morgan fingerprint density at radius 3 is 1.07 bits per heavy atom. The van der Waals surface area contributed by atoms with E-state index in [0.717, 1.165) is 54.9 Å². The van der Waals surface area contributed by atoms with Crippen molar-refractivity contribution < 1.29 is 16.8 Å². The van der Waals surface area contributed by atoms with E-state index in [1.54, 1.807) is 0 Å². The molecule has 0 saturated heterocycles. The van der Waals surface area contributed by atoms with Crippen LogP contribution in [0.4, 0.5) is 0 Å². The van der Waals surface area contributed by atoms with E-state index < -0.39 is 0 Å². The summed E-state index contributed by atoms with van der Waals surface area (Å²) in [6.45, 7) is 1.19. The van der Waals surface area contributed by atoms with E-state index in [2.05, 4.69) is 4.99 Å². The Hall–Kier alpha value is -6.97. The topological polar surface area (TPSA) is 220 Å². The first kappa shape index (κ1) is 36.0. The van der Waals surface area contributed by atoms with Crippen molar-refractivity contribution >= 4 is 55.8 Å². The molecule has 6 heterocycles. The van der Waals surface area contributed by atoms with Gasteiger partial charge < -0.3 is 42.1 Å². The predicted molar refractivity (Wildman–Crippen MR) is 216 cm³/mol. The molecule has 0 saturated carbocycles. The summed E-state index contributed by atoms with van der Waals surface area (Å²) in [5.74, 6) is 2.92. The van der Waals surface area contributed by atoms with Crippen LogP contribution in [-0.4, -0.2) is 54.7 Å². The molecule has 273 valence electrons. The van der Waals surface area contributed by atoms with Crippen molar-refractivity contribution in [1.82, 2.24) is 39.9 Å². The average Bonchev–Trinajstić information content (AvgIpc) is 4.02.